The van der Waals surface area contributed by atoms with Gasteiger partial charge in [-0.3, -0.25) is 5.32 Å². The fourth-order valence-corrected chi connectivity index (χ4v) is 4.88. The molecule has 0 bridgehead atoms. The van der Waals surface area contributed by atoms with Gasteiger partial charge in [0.25, 0.3) is 0 Å². The molecule has 0 aromatic carbocycles. The van der Waals surface area contributed by atoms with Gasteiger partial charge in [-0.25, -0.2) is 9.78 Å². The molecule has 2 amide bonds. The molecular formula is C17H25N3O3S. The normalized spacial score (nSPS) is 24.5. The van der Waals surface area contributed by atoms with E-state index in [1.54, 1.807) is 6.20 Å². The van der Waals surface area contributed by atoms with Crippen LogP contribution in [0, 0.1) is 0 Å². The summed E-state index contributed by atoms with van der Waals surface area (Å²) in [6.07, 6.45) is 10.0. The van der Waals surface area contributed by atoms with Gasteiger partial charge in [0.1, 0.15) is 0 Å². The molecule has 3 fully saturated rings. The van der Waals surface area contributed by atoms with Crippen LogP contribution in [0.15, 0.2) is 11.6 Å². The number of ether oxygens (including phenoxy) is 2. The molecule has 1 spiro atoms. The van der Waals surface area contributed by atoms with Crippen molar-refractivity contribution in [2.75, 3.05) is 18.5 Å². The van der Waals surface area contributed by atoms with E-state index in [0.29, 0.717) is 24.4 Å². The maximum atomic E-state index is 12.9. The number of amides is 2. The van der Waals surface area contributed by atoms with Crippen molar-refractivity contribution in [3.05, 3.63) is 11.6 Å². The number of hydrogen-bond acceptors (Lipinski definition) is 5. The molecule has 3 aliphatic rings. The first-order valence-corrected chi connectivity index (χ1v) is 9.90. The monoisotopic (exact) mass is 351 g/mol. The van der Waals surface area contributed by atoms with Crippen molar-refractivity contribution >= 4 is 22.5 Å². The molecule has 4 rings (SSSR count). The number of urea groups is 1. The van der Waals surface area contributed by atoms with Crippen LogP contribution in [-0.2, 0) is 9.47 Å². The summed E-state index contributed by atoms with van der Waals surface area (Å²) in [6, 6.07) is 0.631. The van der Waals surface area contributed by atoms with E-state index in [-0.39, 0.29) is 17.9 Å². The number of nitrogens with one attached hydrogen (secondary N) is 1. The second-order valence-corrected chi connectivity index (χ2v) is 7.85. The summed E-state index contributed by atoms with van der Waals surface area (Å²) >= 11 is 1.46. The van der Waals surface area contributed by atoms with E-state index in [1.165, 1.54) is 24.2 Å². The first-order chi connectivity index (χ1) is 11.8. The quantitative estimate of drug-likeness (QED) is 0.904. The molecule has 1 aromatic heterocycles. The number of anilines is 1. The first kappa shape index (κ1) is 16.3. The van der Waals surface area contributed by atoms with E-state index in [4.69, 9.17) is 9.47 Å². The van der Waals surface area contributed by atoms with Gasteiger partial charge in [0.2, 0.25) is 0 Å². The maximum Gasteiger partial charge on any atom is 0.324 e. The number of thiazole rings is 1. The van der Waals surface area contributed by atoms with Crippen LogP contribution in [0.2, 0.25) is 0 Å². The fourth-order valence-electron chi connectivity index (χ4n) is 4.36. The summed E-state index contributed by atoms with van der Waals surface area (Å²) in [6.45, 7) is 1.39. The van der Waals surface area contributed by atoms with Gasteiger partial charge < -0.3 is 14.4 Å². The van der Waals surface area contributed by atoms with Crippen LogP contribution in [-0.4, -0.2) is 47.0 Å². The highest BCUT2D eigenvalue weighted by molar-refractivity contribution is 7.13. The van der Waals surface area contributed by atoms with Crippen molar-refractivity contribution < 1.29 is 14.3 Å². The maximum absolute atomic E-state index is 12.9. The van der Waals surface area contributed by atoms with Gasteiger partial charge in [0.05, 0.1) is 13.2 Å². The van der Waals surface area contributed by atoms with E-state index in [1.807, 2.05) is 5.38 Å². The largest absolute Gasteiger partial charge is 0.348 e. The second kappa shape index (κ2) is 6.98. The van der Waals surface area contributed by atoms with E-state index in [2.05, 4.69) is 15.2 Å². The van der Waals surface area contributed by atoms with Crippen molar-refractivity contribution in [1.82, 2.24) is 9.88 Å². The van der Waals surface area contributed by atoms with Crippen molar-refractivity contribution in [1.29, 1.82) is 0 Å². The molecule has 1 saturated heterocycles. The highest BCUT2D eigenvalue weighted by Gasteiger charge is 2.43. The Morgan fingerprint density at radius 1 is 1.17 bits per heavy atom. The summed E-state index contributed by atoms with van der Waals surface area (Å²) in [5.41, 5.74) is 0. The number of nitrogens with zero attached hydrogens (tertiary/aromatic N) is 2. The average Bonchev–Trinajstić information content (AvgIpc) is 3.33. The predicted octanol–water partition coefficient (Wildman–Crippen LogP) is 3.61. The van der Waals surface area contributed by atoms with Gasteiger partial charge >= 0.3 is 6.03 Å². The number of carbonyl (C=O) groups excluding carboxylic acids is 1. The zero-order valence-electron chi connectivity index (χ0n) is 13.9. The molecule has 0 radical (unpaired) electrons. The number of rotatable bonds is 3. The van der Waals surface area contributed by atoms with Crippen molar-refractivity contribution in [3.8, 4) is 0 Å². The van der Waals surface area contributed by atoms with Crippen LogP contribution >= 0.6 is 11.3 Å². The van der Waals surface area contributed by atoms with Crippen molar-refractivity contribution in [2.45, 2.75) is 69.2 Å². The van der Waals surface area contributed by atoms with Gasteiger partial charge in [-0.05, 0) is 25.7 Å². The molecule has 2 heterocycles. The Labute approximate surface area is 146 Å². The zero-order valence-corrected chi connectivity index (χ0v) is 14.7. The topological polar surface area (TPSA) is 63.7 Å². The third-order valence-electron chi connectivity index (χ3n) is 5.52. The Morgan fingerprint density at radius 2 is 1.83 bits per heavy atom. The zero-order chi connectivity index (χ0) is 16.4. The molecular weight excluding hydrogens is 326 g/mol. The highest BCUT2D eigenvalue weighted by Crippen LogP contribution is 2.39. The van der Waals surface area contributed by atoms with Gasteiger partial charge in [0.15, 0.2) is 10.9 Å². The molecule has 0 unspecified atom stereocenters. The van der Waals surface area contributed by atoms with Gasteiger partial charge in [0, 0.05) is 36.5 Å². The Kier molecular flexibility index (Phi) is 4.74. The standard InChI is InChI=1S/C17H25N3O3S/c21-16(19-15-18-9-12-24-15)20(13-3-1-2-4-13)14-5-7-17(8-6-14)22-10-11-23-17/h9,12-14H,1-8,10-11H2,(H,18,19,21). The second-order valence-electron chi connectivity index (χ2n) is 6.95. The predicted molar refractivity (Wildman–Crippen MR) is 92.1 cm³/mol. The SMILES string of the molecule is O=C(Nc1nccs1)N(C1CCCC1)C1CCC2(CC1)OCCO2. The van der Waals surface area contributed by atoms with Crippen LogP contribution in [0.4, 0.5) is 9.93 Å². The molecule has 7 heteroatoms. The molecule has 2 aliphatic carbocycles. The molecule has 2 saturated carbocycles. The molecule has 1 N–H and O–H groups in total. The van der Waals surface area contributed by atoms with Crippen LogP contribution in [0.3, 0.4) is 0 Å². The van der Waals surface area contributed by atoms with E-state index in [0.717, 1.165) is 38.5 Å². The lowest BCUT2D eigenvalue weighted by Crippen LogP contribution is -2.51. The average molecular weight is 351 g/mol. The summed E-state index contributed by atoms with van der Waals surface area (Å²) < 4.78 is 11.7. The highest BCUT2D eigenvalue weighted by atomic mass is 32.1. The Hall–Kier alpha value is -1.18. The van der Waals surface area contributed by atoms with Crippen LogP contribution < -0.4 is 5.32 Å². The molecule has 24 heavy (non-hydrogen) atoms. The molecule has 6 nitrogen and oxygen atoms in total. The number of hydrogen-bond donors (Lipinski definition) is 1. The van der Waals surface area contributed by atoms with Gasteiger partial charge in [-0.1, -0.05) is 12.8 Å². The lowest BCUT2D eigenvalue weighted by molar-refractivity contribution is -0.183. The summed E-state index contributed by atoms with van der Waals surface area (Å²) in [5, 5.41) is 5.55. The molecule has 1 aromatic rings. The van der Waals surface area contributed by atoms with Crippen LogP contribution in [0.25, 0.3) is 0 Å². The summed E-state index contributed by atoms with van der Waals surface area (Å²) in [7, 11) is 0. The summed E-state index contributed by atoms with van der Waals surface area (Å²) in [4.78, 5) is 19.2. The van der Waals surface area contributed by atoms with Gasteiger partial charge in [-0.15, -0.1) is 11.3 Å². The Bertz CT molecular complexity index is 543. The first-order valence-electron chi connectivity index (χ1n) is 9.02. The minimum atomic E-state index is -0.371. The molecule has 0 atom stereocenters. The smallest absolute Gasteiger partial charge is 0.324 e. The Morgan fingerprint density at radius 3 is 2.46 bits per heavy atom. The summed E-state index contributed by atoms with van der Waals surface area (Å²) in [5.74, 6) is -0.371. The van der Waals surface area contributed by atoms with Gasteiger partial charge in [-0.2, -0.15) is 0 Å². The molecule has 1 aliphatic heterocycles. The Balaban J connectivity index is 1.45. The third-order valence-corrected chi connectivity index (χ3v) is 6.21. The lowest BCUT2D eigenvalue weighted by atomic mass is 9.88. The van der Waals surface area contributed by atoms with E-state index in [9.17, 15) is 4.79 Å². The van der Waals surface area contributed by atoms with Crippen LogP contribution in [0.1, 0.15) is 51.4 Å². The minimum Gasteiger partial charge on any atom is -0.348 e. The van der Waals surface area contributed by atoms with Crippen LogP contribution in [0.5, 0.6) is 0 Å². The minimum absolute atomic E-state index is 0.00561. The van der Waals surface area contributed by atoms with Crippen molar-refractivity contribution in [3.63, 3.8) is 0 Å². The van der Waals surface area contributed by atoms with E-state index >= 15 is 0 Å². The van der Waals surface area contributed by atoms with E-state index < -0.39 is 0 Å². The number of carbonyl (C=O) groups is 1. The lowest BCUT2D eigenvalue weighted by Gasteiger charge is -2.42. The fraction of sp³-hybridized carbons (Fsp3) is 0.765. The third kappa shape index (κ3) is 3.30. The van der Waals surface area contributed by atoms with Crippen molar-refractivity contribution in [2.24, 2.45) is 0 Å². The molecule has 132 valence electrons. The number of aromatic nitrogens is 1.